The number of nitrogens with zero attached hydrogens (tertiary/aromatic N) is 2. The molecule has 0 spiro atoms. The maximum atomic E-state index is 13.3. The van der Waals surface area contributed by atoms with Gasteiger partial charge in [-0.15, -0.1) is 0 Å². The molecule has 0 amide bonds. The number of hydrogen-bond acceptors (Lipinski definition) is 7. The Bertz CT molecular complexity index is 1080. The van der Waals surface area contributed by atoms with Crippen LogP contribution in [0.4, 0.5) is 0 Å². The summed E-state index contributed by atoms with van der Waals surface area (Å²) >= 11 is 0. The normalized spacial score (nSPS) is 26.2. The van der Waals surface area contributed by atoms with E-state index >= 15 is 0 Å². The summed E-state index contributed by atoms with van der Waals surface area (Å²) in [6, 6.07) is 4.07. The van der Waals surface area contributed by atoms with E-state index in [1.807, 2.05) is 6.07 Å². The van der Waals surface area contributed by atoms with Gasteiger partial charge in [-0.1, -0.05) is 6.07 Å². The van der Waals surface area contributed by atoms with E-state index in [9.17, 15) is 16.8 Å². The highest BCUT2D eigenvalue weighted by Crippen LogP contribution is 2.48. The predicted molar refractivity (Wildman–Crippen MR) is 127 cm³/mol. The molecule has 3 aliphatic rings. The third-order valence-electron chi connectivity index (χ3n) is 7.22. The molecular formula is C22H35N3O6S2. The third kappa shape index (κ3) is 5.17. The summed E-state index contributed by atoms with van der Waals surface area (Å²) in [5.41, 5.74) is 2.37. The number of hydrogen-bond donors (Lipinski definition) is 1. The fraction of sp³-hybridized carbons (Fsp3) is 0.727. The van der Waals surface area contributed by atoms with Crippen LogP contribution in [-0.4, -0.2) is 84.5 Å². The largest absolute Gasteiger partial charge is 0.493 e. The molecule has 3 aliphatic heterocycles. The van der Waals surface area contributed by atoms with Crippen molar-refractivity contribution in [3.63, 3.8) is 0 Å². The van der Waals surface area contributed by atoms with Crippen molar-refractivity contribution in [1.29, 1.82) is 0 Å². The van der Waals surface area contributed by atoms with Crippen molar-refractivity contribution in [2.24, 2.45) is 5.92 Å². The second kappa shape index (κ2) is 9.69. The lowest BCUT2D eigenvalue weighted by Crippen LogP contribution is -2.57. The number of ether oxygens (including phenoxy) is 2. The SMILES string of the molecule is COc1ccc2c(c1OC)[C@@H]1C[C@@H]3[C@@H](CCCN3S(=O)(=O)CCCNS(C)(=O)=O)CN1CC2. The van der Waals surface area contributed by atoms with E-state index in [1.54, 1.807) is 18.5 Å². The fourth-order valence-corrected chi connectivity index (χ4v) is 8.13. The predicted octanol–water partition coefficient (Wildman–Crippen LogP) is 1.36. The quantitative estimate of drug-likeness (QED) is 0.536. The lowest BCUT2D eigenvalue weighted by atomic mass is 9.77. The van der Waals surface area contributed by atoms with Gasteiger partial charge in [0.2, 0.25) is 20.0 Å². The first-order chi connectivity index (χ1) is 15.6. The molecule has 0 aromatic heterocycles. The van der Waals surface area contributed by atoms with Crippen molar-refractivity contribution in [2.45, 2.75) is 44.2 Å². The Morgan fingerprint density at radius 2 is 1.91 bits per heavy atom. The second-order valence-electron chi connectivity index (χ2n) is 9.29. The van der Waals surface area contributed by atoms with Crippen LogP contribution in [-0.2, 0) is 26.5 Å². The molecule has 2 saturated heterocycles. The summed E-state index contributed by atoms with van der Waals surface area (Å²) in [5, 5.41) is 0. The van der Waals surface area contributed by atoms with Crippen LogP contribution in [0.5, 0.6) is 11.5 Å². The van der Waals surface area contributed by atoms with Crippen LogP contribution in [0.2, 0.25) is 0 Å². The number of piperidine rings is 2. The molecule has 4 rings (SSSR count). The summed E-state index contributed by atoms with van der Waals surface area (Å²) < 4.78 is 64.5. The highest BCUT2D eigenvalue weighted by Gasteiger charge is 2.46. The maximum absolute atomic E-state index is 13.3. The molecule has 0 radical (unpaired) electrons. The van der Waals surface area contributed by atoms with Crippen LogP contribution < -0.4 is 14.2 Å². The van der Waals surface area contributed by atoms with Gasteiger partial charge in [0.25, 0.3) is 0 Å². The lowest BCUT2D eigenvalue weighted by Gasteiger charge is -2.52. The molecular weight excluding hydrogens is 466 g/mol. The first kappa shape index (κ1) is 24.7. The van der Waals surface area contributed by atoms with Gasteiger partial charge in [-0.2, -0.15) is 4.31 Å². The fourth-order valence-electron chi connectivity index (χ4n) is 5.79. The topological polar surface area (TPSA) is 105 Å². The van der Waals surface area contributed by atoms with Crippen LogP contribution in [0, 0.1) is 5.92 Å². The average Bonchev–Trinajstić information content (AvgIpc) is 2.78. The standard InChI is InChI=1S/C22H35N3O6S2/c1-30-20-8-7-16-9-12-24-15-17-6-4-11-25(18(17)14-19(24)21(16)22(20)31-2)33(28,29)13-5-10-23-32(3,26)27/h7-8,17-19,23H,4-6,9-15H2,1-3H3/t17-,18+,19-/m0/s1. The summed E-state index contributed by atoms with van der Waals surface area (Å²) in [4.78, 5) is 2.48. The minimum Gasteiger partial charge on any atom is -0.493 e. The van der Waals surface area contributed by atoms with Gasteiger partial charge in [0.15, 0.2) is 11.5 Å². The first-order valence-electron chi connectivity index (χ1n) is 11.6. The minimum atomic E-state index is -3.49. The summed E-state index contributed by atoms with van der Waals surface area (Å²) in [7, 11) is -3.52. The Morgan fingerprint density at radius 1 is 1.12 bits per heavy atom. The van der Waals surface area contributed by atoms with E-state index in [0.29, 0.717) is 18.2 Å². The number of rotatable bonds is 8. The molecule has 186 valence electrons. The van der Waals surface area contributed by atoms with Gasteiger partial charge >= 0.3 is 0 Å². The summed E-state index contributed by atoms with van der Waals surface area (Å²) in [6.07, 6.45) is 4.88. The number of methoxy groups -OCH3 is 2. The molecule has 0 unspecified atom stereocenters. The number of benzene rings is 1. The third-order valence-corrected chi connectivity index (χ3v) is 9.92. The van der Waals surface area contributed by atoms with Gasteiger partial charge in [0.05, 0.1) is 26.2 Å². The van der Waals surface area contributed by atoms with Gasteiger partial charge in [-0.25, -0.2) is 21.6 Å². The Morgan fingerprint density at radius 3 is 2.61 bits per heavy atom. The smallest absolute Gasteiger partial charge is 0.214 e. The Kier molecular flexibility index (Phi) is 7.26. The molecule has 0 bridgehead atoms. The molecule has 1 aromatic rings. The summed E-state index contributed by atoms with van der Waals surface area (Å²) in [6.45, 7) is 2.48. The zero-order valence-electron chi connectivity index (χ0n) is 19.6. The van der Waals surface area contributed by atoms with Gasteiger partial charge < -0.3 is 9.47 Å². The van der Waals surface area contributed by atoms with Crippen LogP contribution >= 0.6 is 0 Å². The number of fused-ring (bicyclic) bond motifs is 4. The van der Waals surface area contributed by atoms with Crippen molar-refractivity contribution in [3.8, 4) is 11.5 Å². The van der Waals surface area contributed by atoms with Crippen molar-refractivity contribution in [2.75, 3.05) is 52.4 Å². The summed E-state index contributed by atoms with van der Waals surface area (Å²) in [5.74, 6) is 1.70. The highest BCUT2D eigenvalue weighted by atomic mass is 32.2. The van der Waals surface area contributed by atoms with Crippen molar-refractivity contribution in [3.05, 3.63) is 23.3 Å². The van der Waals surface area contributed by atoms with Crippen molar-refractivity contribution < 1.29 is 26.3 Å². The van der Waals surface area contributed by atoms with E-state index in [1.165, 1.54) is 5.56 Å². The van der Waals surface area contributed by atoms with E-state index in [0.717, 1.165) is 56.3 Å². The zero-order valence-corrected chi connectivity index (χ0v) is 21.3. The molecule has 9 nitrogen and oxygen atoms in total. The molecule has 1 N–H and O–H groups in total. The van der Waals surface area contributed by atoms with Gasteiger partial charge in [-0.05, 0) is 49.7 Å². The van der Waals surface area contributed by atoms with Crippen LogP contribution in [0.15, 0.2) is 12.1 Å². The van der Waals surface area contributed by atoms with Crippen LogP contribution in [0.3, 0.4) is 0 Å². The minimum absolute atomic E-state index is 0.0547. The van der Waals surface area contributed by atoms with Crippen LogP contribution in [0.1, 0.15) is 42.9 Å². The Labute approximate surface area is 197 Å². The van der Waals surface area contributed by atoms with Gasteiger partial charge in [0.1, 0.15) is 0 Å². The monoisotopic (exact) mass is 501 g/mol. The van der Waals surface area contributed by atoms with Crippen LogP contribution in [0.25, 0.3) is 0 Å². The first-order valence-corrected chi connectivity index (χ1v) is 15.1. The lowest BCUT2D eigenvalue weighted by molar-refractivity contribution is 0.0209. The van der Waals surface area contributed by atoms with E-state index in [-0.39, 0.29) is 30.8 Å². The van der Waals surface area contributed by atoms with E-state index < -0.39 is 20.0 Å². The molecule has 1 aromatic carbocycles. The average molecular weight is 502 g/mol. The molecule has 0 saturated carbocycles. The Hall–Kier alpha value is -1.40. The molecule has 33 heavy (non-hydrogen) atoms. The maximum Gasteiger partial charge on any atom is 0.214 e. The van der Waals surface area contributed by atoms with E-state index in [4.69, 9.17) is 9.47 Å². The zero-order chi connectivity index (χ0) is 23.8. The molecule has 3 heterocycles. The second-order valence-corrected chi connectivity index (χ2v) is 13.2. The molecule has 3 atom stereocenters. The van der Waals surface area contributed by atoms with E-state index in [2.05, 4.69) is 15.7 Å². The van der Waals surface area contributed by atoms with Gasteiger partial charge in [-0.3, -0.25) is 4.90 Å². The molecule has 0 aliphatic carbocycles. The number of nitrogens with one attached hydrogen (secondary N) is 1. The number of sulfonamides is 2. The van der Waals surface area contributed by atoms with Crippen molar-refractivity contribution >= 4 is 20.0 Å². The highest BCUT2D eigenvalue weighted by molar-refractivity contribution is 7.89. The van der Waals surface area contributed by atoms with Gasteiger partial charge in [0, 0.05) is 43.8 Å². The Balaban J connectivity index is 1.57. The molecule has 2 fully saturated rings. The molecule has 11 heteroatoms. The van der Waals surface area contributed by atoms with Crippen molar-refractivity contribution in [1.82, 2.24) is 13.9 Å².